The fourth-order valence-corrected chi connectivity index (χ4v) is 1.09. The molecule has 0 spiro atoms. The molecule has 0 saturated heterocycles. The second kappa shape index (κ2) is 3.91. The first-order chi connectivity index (χ1) is 6.52. The molecule has 0 aliphatic rings. The highest BCUT2D eigenvalue weighted by atomic mass is 16.4. The molecule has 1 aromatic heterocycles. The summed E-state index contributed by atoms with van der Waals surface area (Å²) in [4.78, 5) is 21.4. The Bertz CT molecular complexity index is 387. The summed E-state index contributed by atoms with van der Waals surface area (Å²) in [7, 11) is 0. The van der Waals surface area contributed by atoms with Crippen LogP contribution in [0.1, 0.15) is 18.2 Å². The van der Waals surface area contributed by atoms with Crippen LogP contribution in [0.2, 0.25) is 0 Å². The van der Waals surface area contributed by atoms with E-state index < -0.39 is 5.97 Å². The van der Waals surface area contributed by atoms with Gasteiger partial charge < -0.3 is 9.52 Å². The van der Waals surface area contributed by atoms with Crippen LogP contribution in [0.4, 0.5) is 0 Å². The summed E-state index contributed by atoms with van der Waals surface area (Å²) in [6.07, 6.45) is 1.44. The van der Waals surface area contributed by atoms with Gasteiger partial charge in [0.15, 0.2) is 0 Å². The summed E-state index contributed by atoms with van der Waals surface area (Å²) in [5.74, 6) is -0.847. The van der Waals surface area contributed by atoms with Gasteiger partial charge in [-0.05, 0) is 13.0 Å². The first-order valence-corrected chi connectivity index (χ1v) is 4.00. The van der Waals surface area contributed by atoms with Crippen molar-refractivity contribution in [3.63, 3.8) is 0 Å². The topological polar surface area (TPSA) is 67.5 Å². The van der Waals surface area contributed by atoms with Crippen LogP contribution >= 0.6 is 0 Å². The molecule has 0 unspecified atom stereocenters. The largest absolute Gasteiger partial charge is 0.478 e. The Balaban J connectivity index is 2.98. The standard InChI is InChI=1S/C10H10O4/c1-6(11)5-9-8(3-4-14-9)7(2)10(12)13/h3-4H,2,5H2,1H3,(H,12,13). The smallest absolute Gasteiger partial charge is 0.335 e. The predicted octanol–water partition coefficient (Wildman–Crippen LogP) is 1.51. The lowest BCUT2D eigenvalue weighted by atomic mass is 10.1. The Labute approximate surface area is 80.8 Å². The van der Waals surface area contributed by atoms with Crippen LogP contribution in [-0.2, 0) is 16.0 Å². The number of carbonyl (C=O) groups is 2. The number of ketones is 1. The van der Waals surface area contributed by atoms with E-state index in [0.717, 1.165) is 0 Å². The lowest BCUT2D eigenvalue weighted by molar-refractivity contribution is -0.130. The maximum atomic E-state index is 10.8. The zero-order valence-electron chi connectivity index (χ0n) is 7.74. The Morgan fingerprint density at radius 1 is 1.57 bits per heavy atom. The number of carboxylic acids is 1. The highest BCUT2D eigenvalue weighted by molar-refractivity contribution is 6.14. The molecule has 0 bridgehead atoms. The van der Waals surface area contributed by atoms with Crippen molar-refractivity contribution < 1.29 is 19.1 Å². The molecule has 0 fully saturated rings. The van der Waals surface area contributed by atoms with E-state index in [4.69, 9.17) is 9.52 Å². The van der Waals surface area contributed by atoms with Gasteiger partial charge in [-0.1, -0.05) is 6.58 Å². The summed E-state index contributed by atoms with van der Waals surface area (Å²) in [5, 5.41) is 8.69. The lowest BCUT2D eigenvalue weighted by Gasteiger charge is -1.99. The predicted molar refractivity (Wildman–Crippen MR) is 49.8 cm³/mol. The molecular formula is C10H10O4. The van der Waals surface area contributed by atoms with Gasteiger partial charge in [0.1, 0.15) is 11.5 Å². The van der Waals surface area contributed by atoms with Gasteiger partial charge >= 0.3 is 5.97 Å². The van der Waals surface area contributed by atoms with Gasteiger partial charge in [-0.3, -0.25) is 4.79 Å². The molecule has 4 heteroatoms. The number of carbonyl (C=O) groups excluding carboxylic acids is 1. The molecular weight excluding hydrogens is 184 g/mol. The van der Waals surface area contributed by atoms with Crippen LogP contribution in [0, 0.1) is 0 Å². The summed E-state index contributed by atoms with van der Waals surface area (Å²) < 4.78 is 5.00. The SMILES string of the molecule is C=C(C(=O)O)c1ccoc1CC(C)=O. The van der Waals surface area contributed by atoms with Crippen LogP contribution in [0.25, 0.3) is 5.57 Å². The molecule has 0 aromatic carbocycles. The van der Waals surface area contributed by atoms with Gasteiger partial charge in [-0.2, -0.15) is 0 Å². The van der Waals surface area contributed by atoms with Crippen molar-refractivity contribution in [2.45, 2.75) is 13.3 Å². The van der Waals surface area contributed by atoms with Crippen LogP contribution in [-0.4, -0.2) is 16.9 Å². The van der Waals surface area contributed by atoms with Crippen molar-refractivity contribution in [1.29, 1.82) is 0 Å². The molecule has 1 heterocycles. The zero-order valence-corrected chi connectivity index (χ0v) is 7.74. The zero-order chi connectivity index (χ0) is 10.7. The molecule has 0 atom stereocenters. The van der Waals surface area contributed by atoms with E-state index in [1.165, 1.54) is 19.3 Å². The van der Waals surface area contributed by atoms with Crippen LogP contribution in [0.5, 0.6) is 0 Å². The molecule has 0 amide bonds. The number of aliphatic carboxylic acids is 1. The fraction of sp³-hybridized carbons (Fsp3) is 0.200. The Morgan fingerprint density at radius 3 is 2.71 bits per heavy atom. The minimum Gasteiger partial charge on any atom is -0.478 e. The third kappa shape index (κ3) is 2.10. The van der Waals surface area contributed by atoms with Gasteiger partial charge in [-0.25, -0.2) is 4.79 Å². The van der Waals surface area contributed by atoms with E-state index in [9.17, 15) is 9.59 Å². The van der Waals surface area contributed by atoms with Crippen molar-refractivity contribution in [1.82, 2.24) is 0 Å². The van der Waals surface area contributed by atoms with Crippen molar-refractivity contribution in [2.75, 3.05) is 0 Å². The minimum absolute atomic E-state index is 0.0602. The van der Waals surface area contributed by atoms with E-state index in [0.29, 0.717) is 11.3 Å². The van der Waals surface area contributed by atoms with E-state index in [1.54, 1.807) is 0 Å². The molecule has 0 saturated carbocycles. The summed E-state index contributed by atoms with van der Waals surface area (Å²) in [6.45, 7) is 4.81. The molecule has 0 aliphatic heterocycles. The molecule has 1 N–H and O–H groups in total. The maximum absolute atomic E-state index is 10.8. The van der Waals surface area contributed by atoms with E-state index in [2.05, 4.69) is 6.58 Å². The number of Topliss-reactive ketones (excluding diaryl/α,β-unsaturated/α-hetero) is 1. The van der Waals surface area contributed by atoms with Crippen molar-refractivity contribution >= 4 is 17.3 Å². The summed E-state index contributed by atoms with van der Waals surface area (Å²) in [6, 6.07) is 1.49. The number of furan rings is 1. The Kier molecular flexibility index (Phi) is 2.86. The van der Waals surface area contributed by atoms with E-state index >= 15 is 0 Å². The van der Waals surface area contributed by atoms with Gasteiger partial charge in [0.05, 0.1) is 18.3 Å². The van der Waals surface area contributed by atoms with Crippen molar-refractivity contribution in [3.05, 3.63) is 30.2 Å². The van der Waals surface area contributed by atoms with Gasteiger partial charge in [-0.15, -0.1) is 0 Å². The number of rotatable bonds is 4. The molecule has 1 aromatic rings. The van der Waals surface area contributed by atoms with Crippen LogP contribution < -0.4 is 0 Å². The first-order valence-electron chi connectivity index (χ1n) is 4.00. The summed E-state index contributed by atoms with van der Waals surface area (Å²) in [5.41, 5.74) is 0.322. The average Bonchev–Trinajstić information content (AvgIpc) is 2.49. The average molecular weight is 194 g/mol. The van der Waals surface area contributed by atoms with Gasteiger partial charge in [0.25, 0.3) is 0 Å². The van der Waals surface area contributed by atoms with E-state index in [-0.39, 0.29) is 17.8 Å². The van der Waals surface area contributed by atoms with Gasteiger partial charge in [0, 0.05) is 5.56 Å². The van der Waals surface area contributed by atoms with Gasteiger partial charge in [0.2, 0.25) is 0 Å². The second-order valence-electron chi connectivity index (χ2n) is 2.92. The maximum Gasteiger partial charge on any atom is 0.335 e. The normalized spacial score (nSPS) is 9.79. The molecule has 4 nitrogen and oxygen atoms in total. The Morgan fingerprint density at radius 2 is 2.21 bits per heavy atom. The molecule has 0 aliphatic carbocycles. The third-order valence-electron chi connectivity index (χ3n) is 1.74. The first kappa shape index (κ1) is 10.2. The fourth-order valence-electron chi connectivity index (χ4n) is 1.09. The minimum atomic E-state index is -1.11. The monoisotopic (exact) mass is 194 g/mol. The molecule has 14 heavy (non-hydrogen) atoms. The number of hydrogen-bond donors (Lipinski definition) is 1. The Hall–Kier alpha value is -1.84. The number of carboxylic acid groups (broad SMARTS) is 1. The highest BCUT2D eigenvalue weighted by Gasteiger charge is 2.15. The van der Waals surface area contributed by atoms with Crippen LogP contribution in [0.3, 0.4) is 0 Å². The second-order valence-corrected chi connectivity index (χ2v) is 2.92. The van der Waals surface area contributed by atoms with E-state index in [1.807, 2.05) is 0 Å². The van der Waals surface area contributed by atoms with Crippen LogP contribution in [0.15, 0.2) is 23.3 Å². The molecule has 74 valence electrons. The molecule has 0 radical (unpaired) electrons. The third-order valence-corrected chi connectivity index (χ3v) is 1.74. The van der Waals surface area contributed by atoms with Crippen molar-refractivity contribution in [2.24, 2.45) is 0 Å². The molecule has 1 rings (SSSR count). The highest BCUT2D eigenvalue weighted by Crippen LogP contribution is 2.19. The summed E-state index contributed by atoms with van der Waals surface area (Å²) >= 11 is 0. The number of hydrogen-bond acceptors (Lipinski definition) is 3. The lowest BCUT2D eigenvalue weighted by Crippen LogP contribution is -2.02. The van der Waals surface area contributed by atoms with Crippen molar-refractivity contribution in [3.8, 4) is 0 Å². The quantitative estimate of drug-likeness (QED) is 0.737.